The van der Waals surface area contributed by atoms with Crippen LogP contribution in [0.2, 0.25) is 0 Å². The van der Waals surface area contributed by atoms with Crippen molar-refractivity contribution in [2.75, 3.05) is 13.2 Å². The topological polar surface area (TPSA) is 78.9 Å². The van der Waals surface area contributed by atoms with Crippen molar-refractivity contribution >= 4 is 17.9 Å². The van der Waals surface area contributed by atoms with Crippen LogP contribution in [0.1, 0.15) is 278 Å². The number of ether oxygens (including phenoxy) is 3. The molecule has 6 nitrogen and oxygen atoms in total. The van der Waals surface area contributed by atoms with E-state index in [0.717, 1.165) is 63.7 Å². The molecule has 0 heterocycles. The van der Waals surface area contributed by atoms with Gasteiger partial charge < -0.3 is 14.2 Å². The molecule has 0 aliphatic heterocycles. The molecule has 0 saturated heterocycles. The van der Waals surface area contributed by atoms with E-state index in [9.17, 15) is 14.4 Å². The summed E-state index contributed by atoms with van der Waals surface area (Å²) in [5, 5.41) is 0. The molecule has 6 heteroatoms. The molecule has 0 spiro atoms. The van der Waals surface area contributed by atoms with Crippen LogP contribution in [0.15, 0.2) is 0 Å². The van der Waals surface area contributed by atoms with Gasteiger partial charge in [0.05, 0.1) is 0 Å². The van der Waals surface area contributed by atoms with E-state index < -0.39 is 6.10 Å². The second-order valence-corrected chi connectivity index (χ2v) is 17.6. The van der Waals surface area contributed by atoms with Gasteiger partial charge in [-0.05, 0) is 25.2 Å². The van der Waals surface area contributed by atoms with Gasteiger partial charge in [-0.1, -0.05) is 240 Å². The summed E-state index contributed by atoms with van der Waals surface area (Å²) >= 11 is 0. The fraction of sp³-hybridized carbons (Fsp3) is 0.940. The molecule has 332 valence electrons. The minimum absolute atomic E-state index is 0.0631. The maximum Gasteiger partial charge on any atom is 0.306 e. The monoisotopic (exact) mass is 793 g/mol. The summed E-state index contributed by atoms with van der Waals surface area (Å²) in [5.74, 6) is -0.0314. The number of unbranched alkanes of at least 4 members (excludes halogenated alkanes) is 32. The Kier molecular flexibility index (Phi) is 43.2. The van der Waals surface area contributed by atoms with Gasteiger partial charge in [0.2, 0.25) is 0 Å². The molecule has 0 N–H and O–H groups in total. The van der Waals surface area contributed by atoms with Crippen molar-refractivity contribution in [2.45, 2.75) is 284 Å². The van der Waals surface area contributed by atoms with Crippen molar-refractivity contribution in [3.05, 3.63) is 0 Å². The molecule has 0 aliphatic carbocycles. The van der Waals surface area contributed by atoms with Crippen LogP contribution < -0.4 is 0 Å². The zero-order chi connectivity index (χ0) is 41.0. The van der Waals surface area contributed by atoms with Crippen molar-refractivity contribution < 1.29 is 28.6 Å². The molecule has 1 atom stereocenters. The number of hydrogen-bond acceptors (Lipinski definition) is 6. The normalized spacial score (nSPS) is 11.9. The first kappa shape index (κ1) is 54.4. The van der Waals surface area contributed by atoms with Crippen molar-refractivity contribution in [2.24, 2.45) is 5.92 Å². The highest BCUT2D eigenvalue weighted by Gasteiger charge is 2.19. The van der Waals surface area contributed by atoms with Gasteiger partial charge in [-0.3, -0.25) is 14.4 Å². The molecular weight excluding hydrogens is 697 g/mol. The smallest absolute Gasteiger partial charge is 0.306 e. The SMILES string of the molecule is CCCCCCCCCCCCCCCC(=O)OC[C@@H](COC(=O)CCCCCCCCCCCCCC)OC(=O)CCCCCCCCCCCCC(C)C. The van der Waals surface area contributed by atoms with Crippen LogP contribution in [0.4, 0.5) is 0 Å². The van der Waals surface area contributed by atoms with E-state index in [1.807, 2.05) is 0 Å². The third-order valence-corrected chi connectivity index (χ3v) is 11.3. The number of hydrogen-bond donors (Lipinski definition) is 0. The Balaban J connectivity index is 4.32. The molecule has 0 aromatic carbocycles. The van der Waals surface area contributed by atoms with Gasteiger partial charge in [0.1, 0.15) is 13.2 Å². The highest BCUT2D eigenvalue weighted by Crippen LogP contribution is 2.17. The van der Waals surface area contributed by atoms with Crippen molar-refractivity contribution in [1.29, 1.82) is 0 Å². The van der Waals surface area contributed by atoms with Crippen LogP contribution in [-0.4, -0.2) is 37.2 Å². The third-order valence-electron chi connectivity index (χ3n) is 11.3. The van der Waals surface area contributed by atoms with Gasteiger partial charge >= 0.3 is 17.9 Å². The summed E-state index contributed by atoms with van der Waals surface area (Å²) in [7, 11) is 0. The first-order chi connectivity index (χ1) is 27.4. The zero-order valence-electron chi connectivity index (χ0n) is 38.1. The van der Waals surface area contributed by atoms with E-state index in [0.29, 0.717) is 19.3 Å². The zero-order valence-corrected chi connectivity index (χ0v) is 38.1. The molecule has 0 aliphatic rings. The van der Waals surface area contributed by atoms with Gasteiger partial charge in [-0.25, -0.2) is 0 Å². The van der Waals surface area contributed by atoms with Crippen LogP contribution >= 0.6 is 0 Å². The predicted molar refractivity (Wildman–Crippen MR) is 238 cm³/mol. The van der Waals surface area contributed by atoms with Crippen molar-refractivity contribution in [3.63, 3.8) is 0 Å². The maximum atomic E-state index is 12.7. The van der Waals surface area contributed by atoms with E-state index in [-0.39, 0.29) is 31.1 Å². The quantitative estimate of drug-likeness (QED) is 0.0347. The van der Waals surface area contributed by atoms with Crippen molar-refractivity contribution in [3.8, 4) is 0 Å². The van der Waals surface area contributed by atoms with E-state index >= 15 is 0 Å². The molecule has 0 amide bonds. The van der Waals surface area contributed by atoms with Gasteiger partial charge in [0, 0.05) is 19.3 Å². The van der Waals surface area contributed by atoms with Crippen molar-refractivity contribution in [1.82, 2.24) is 0 Å². The Morgan fingerprint density at radius 3 is 0.875 bits per heavy atom. The fourth-order valence-electron chi connectivity index (χ4n) is 7.51. The van der Waals surface area contributed by atoms with Crippen LogP contribution in [0.3, 0.4) is 0 Å². The highest BCUT2D eigenvalue weighted by molar-refractivity contribution is 5.71. The Morgan fingerprint density at radius 1 is 0.339 bits per heavy atom. The highest BCUT2D eigenvalue weighted by atomic mass is 16.6. The number of rotatable bonds is 45. The third kappa shape index (κ3) is 43.5. The number of esters is 3. The van der Waals surface area contributed by atoms with E-state index in [1.165, 1.54) is 173 Å². The summed E-state index contributed by atoms with van der Waals surface area (Å²) in [6.45, 7) is 9.00. The maximum absolute atomic E-state index is 12.7. The Morgan fingerprint density at radius 2 is 0.589 bits per heavy atom. The van der Waals surface area contributed by atoms with Gasteiger partial charge in [-0.2, -0.15) is 0 Å². The largest absolute Gasteiger partial charge is 0.462 e. The molecule has 0 fully saturated rings. The number of carbonyl (C=O) groups is 3. The van der Waals surface area contributed by atoms with Crippen LogP contribution in [0, 0.1) is 5.92 Å². The van der Waals surface area contributed by atoms with E-state index in [1.54, 1.807) is 0 Å². The Labute approximate surface area is 348 Å². The molecule has 0 unspecified atom stereocenters. The first-order valence-electron chi connectivity index (χ1n) is 24.9. The minimum atomic E-state index is -0.760. The summed E-state index contributed by atoms with van der Waals surface area (Å²) < 4.78 is 16.8. The molecule has 56 heavy (non-hydrogen) atoms. The van der Waals surface area contributed by atoms with Gasteiger partial charge in [0.15, 0.2) is 6.10 Å². The number of carbonyl (C=O) groups excluding carboxylic acids is 3. The first-order valence-corrected chi connectivity index (χ1v) is 24.9. The lowest BCUT2D eigenvalue weighted by Crippen LogP contribution is -2.30. The lowest BCUT2D eigenvalue weighted by atomic mass is 10.0. The van der Waals surface area contributed by atoms with Crippen LogP contribution in [0.25, 0.3) is 0 Å². The molecule has 0 aromatic rings. The lowest BCUT2D eigenvalue weighted by molar-refractivity contribution is -0.167. The standard InChI is InChI=1S/C50H96O6/c1-5-7-9-11-13-15-17-19-21-26-30-34-38-42-49(52)55-45-47(44-54-48(51)41-37-33-29-25-20-18-16-14-12-10-8-6-2)56-50(53)43-39-35-31-27-23-22-24-28-32-36-40-46(3)4/h46-47H,5-45H2,1-4H3/t47-/m1/s1. The summed E-state index contributed by atoms with van der Waals surface area (Å²) in [6.07, 6.45) is 45.1. The lowest BCUT2D eigenvalue weighted by Gasteiger charge is -2.18. The van der Waals surface area contributed by atoms with Crippen LogP contribution in [0.5, 0.6) is 0 Å². The summed E-state index contributed by atoms with van der Waals surface area (Å²) in [5.41, 5.74) is 0. The van der Waals surface area contributed by atoms with E-state index in [4.69, 9.17) is 14.2 Å². The van der Waals surface area contributed by atoms with Gasteiger partial charge in [0.25, 0.3) is 0 Å². The molecule has 0 rings (SSSR count). The molecule has 0 aromatic heterocycles. The Hall–Kier alpha value is -1.59. The minimum Gasteiger partial charge on any atom is -0.462 e. The predicted octanol–water partition coefficient (Wildman–Crippen LogP) is 15.9. The molecule has 0 radical (unpaired) electrons. The Bertz CT molecular complexity index is 841. The summed E-state index contributed by atoms with van der Waals surface area (Å²) in [6, 6.07) is 0. The second-order valence-electron chi connectivity index (χ2n) is 17.6. The van der Waals surface area contributed by atoms with E-state index in [2.05, 4.69) is 27.7 Å². The molecule has 0 saturated carbocycles. The van der Waals surface area contributed by atoms with Gasteiger partial charge in [-0.15, -0.1) is 0 Å². The average Bonchev–Trinajstić information content (AvgIpc) is 3.18. The summed E-state index contributed by atoms with van der Waals surface area (Å²) in [4.78, 5) is 37.8. The molecule has 0 bridgehead atoms. The second kappa shape index (κ2) is 44.5. The van der Waals surface area contributed by atoms with Crippen LogP contribution in [-0.2, 0) is 28.6 Å². The molecular formula is C50H96O6. The fourth-order valence-corrected chi connectivity index (χ4v) is 7.51. The average molecular weight is 793 g/mol.